The van der Waals surface area contributed by atoms with Crippen LogP contribution < -0.4 is 15.2 Å². The first kappa shape index (κ1) is 14.7. The topological polar surface area (TPSA) is 68.3 Å². The maximum atomic E-state index is 7.46. The number of hydrogen-bond acceptors (Lipinski definition) is 3. The van der Waals surface area contributed by atoms with Crippen molar-refractivity contribution in [1.82, 2.24) is 0 Å². The van der Waals surface area contributed by atoms with E-state index in [-0.39, 0.29) is 11.9 Å². The summed E-state index contributed by atoms with van der Waals surface area (Å²) in [6.45, 7) is 4.56. The van der Waals surface area contributed by atoms with Crippen LogP contribution >= 0.6 is 0 Å². The van der Waals surface area contributed by atoms with Crippen LogP contribution in [0.5, 0.6) is 11.5 Å². The molecular formula is C16H24N2O2. The fraction of sp³-hybridized carbons (Fsp3) is 0.562. The quantitative estimate of drug-likeness (QED) is 0.655. The van der Waals surface area contributed by atoms with Crippen LogP contribution in [0.3, 0.4) is 0 Å². The molecule has 0 spiro atoms. The highest BCUT2D eigenvalue weighted by atomic mass is 16.5. The van der Waals surface area contributed by atoms with Gasteiger partial charge in [-0.2, -0.15) is 0 Å². The summed E-state index contributed by atoms with van der Waals surface area (Å²) in [4.78, 5) is 0. The highest BCUT2D eigenvalue weighted by Crippen LogP contribution is 2.35. The number of hydrogen-bond donors (Lipinski definition) is 2. The Morgan fingerprint density at radius 1 is 1.15 bits per heavy atom. The Hall–Kier alpha value is -1.71. The fourth-order valence-corrected chi connectivity index (χ4v) is 3.08. The molecule has 1 aromatic rings. The summed E-state index contributed by atoms with van der Waals surface area (Å²) in [5, 5.41) is 7.46. The van der Waals surface area contributed by atoms with Crippen LogP contribution in [0.25, 0.3) is 0 Å². The van der Waals surface area contributed by atoms with Gasteiger partial charge in [-0.05, 0) is 49.3 Å². The molecule has 2 atom stereocenters. The Kier molecular flexibility index (Phi) is 4.53. The fourth-order valence-electron chi connectivity index (χ4n) is 3.08. The van der Waals surface area contributed by atoms with Crippen LogP contribution in [0.15, 0.2) is 18.2 Å². The Morgan fingerprint density at radius 2 is 1.80 bits per heavy atom. The molecule has 1 aliphatic rings. The van der Waals surface area contributed by atoms with E-state index in [1.165, 1.54) is 6.42 Å². The zero-order valence-corrected chi connectivity index (χ0v) is 12.5. The molecule has 3 N–H and O–H groups in total. The molecule has 20 heavy (non-hydrogen) atoms. The first-order chi connectivity index (χ1) is 9.49. The van der Waals surface area contributed by atoms with E-state index in [4.69, 9.17) is 20.6 Å². The number of methoxy groups -OCH3 is 1. The Morgan fingerprint density at radius 3 is 2.35 bits per heavy atom. The molecule has 0 amide bonds. The molecule has 0 aromatic heterocycles. The Labute approximate surface area is 120 Å². The van der Waals surface area contributed by atoms with Gasteiger partial charge in [-0.3, -0.25) is 5.41 Å². The minimum atomic E-state index is 0.0368. The van der Waals surface area contributed by atoms with Crippen molar-refractivity contribution < 1.29 is 9.47 Å². The lowest BCUT2D eigenvalue weighted by Crippen LogP contribution is -2.28. The number of nitrogens with one attached hydrogen (secondary N) is 1. The average Bonchev–Trinajstić information content (AvgIpc) is 2.37. The summed E-state index contributed by atoms with van der Waals surface area (Å²) in [6.07, 6.45) is 3.69. The Balaban J connectivity index is 2.14. The van der Waals surface area contributed by atoms with Crippen molar-refractivity contribution in [2.75, 3.05) is 7.11 Å². The van der Waals surface area contributed by atoms with Gasteiger partial charge in [0.05, 0.1) is 13.2 Å². The first-order valence-corrected chi connectivity index (χ1v) is 7.18. The van der Waals surface area contributed by atoms with E-state index in [9.17, 15) is 0 Å². The minimum absolute atomic E-state index is 0.0368. The van der Waals surface area contributed by atoms with Crippen LogP contribution in [-0.4, -0.2) is 19.0 Å². The molecule has 0 radical (unpaired) electrons. The van der Waals surface area contributed by atoms with E-state index in [0.29, 0.717) is 23.1 Å². The minimum Gasteiger partial charge on any atom is -0.493 e. The van der Waals surface area contributed by atoms with Crippen molar-refractivity contribution in [2.45, 2.75) is 39.2 Å². The van der Waals surface area contributed by atoms with Gasteiger partial charge in [0.15, 0.2) is 11.5 Å². The van der Waals surface area contributed by atoms with Crippen molar-refractivity contribution in [2.24, 2.45) is 17.6 Å². The van der Waals surface area contributed by atoms with Crippen LogP contribution in [0.4, 0.5) is 0 Å². The smallest absolute Gasteiger partial charge is 0.161 e. The maximum Gasteiger partial charge on any atom is 0.161 e. The number of amidine groups is 1. The predicted molar refractivity (Wildman–Crippen MR) is 80.6 cm³/mol. The van der Waals surface area contributed by atoms with Gasteiger partial charge in [0.25, 0.3) is 0 Å². The van der Waals surface area contributed by atoms with Gasteiger partial charge >= 0.3 is 0 Å². The second-order valence-corrected chi connectivity index (χ2v) is 5.94. The van der Waals surface area contributed by atoms with E-state index < -0.39 is 0 Å². The van der Waals surface area contributed by atoms with Gasteiger partial charge < -0.3 is 15.2 Å². The van der Waals surface area contributed by atoms with Gasteiger partial charge in [0.1, 0.15) is 5.84 Å². The molecule has 4 nitrogen and oxygen atoms in total. The van der Waals surface area contributed by atoms with Gasteiger partial charge in [-0.25, -0.2) is 0 Å². The van der Waals surface area contributed by atoms with Crippen LogP contribution in [0.1, 0.15) is 38.7 Å². The number of nitrogens with two attached hydrogens (primary N) is 1. The van der Waals surface area contributed by atoms with Gasteiger partial charge in [-0.1, -0.05) is 13.8 Å². The van der Waals surface area contributed by atoms with Crippen LogP contribution in [-0.2, 0) is 0 Å². The second kappa shape index (κ2) is 6.16. The van der Waals surface area contributed by atoms with E-state index in [1.807, 2.05) is 6.07 Å². The molecule has 0 bridgehead atoms. The van der Waals surface area contributed by atoms with Crippen molar-refractivity contribution >= 4 is 5.84 Å². The molecule has 1 aliphatic carbocycles. The summed E-state index contributed by atoms with van der Waals surface area (Å²) in [5.41, 5.74) is 6.15. The van der Waals surface area contributed by atoms with Crippen molar-refractivity contribution in [3.05, 3.63) is 23.8 Å². The molecular weight excluding hydrogens is 252 g/mol. The van der Waals surface area contributed by atoms with Crippen molar-refractivity contribution in [3.8, 4) is 11.5 Å². The Bertz CT molecular complexity index is 477. The highest BCUT2D eigenvalue weighted by Gasteiger charge is 2.26. The summed E-state index contributed by atoms with van der Waals surface area (Å²) >= 11 is 0. The second-order valence-electron chi connectivity index (χ2n) is 5.94. The van der Waals surface area contributed by atoms with Crippen molar-refractivity contribution in [3.63, 3.8) is 0 Å². The maximum absolute atomic E-state index is 7.46. The van der Waals surface area contributed by atoms with Crippen LogP contribution in [0.2, 0.25) is 0 Å². The standard InChI is InChI=1S/C16H24N2O2/c1-10-6-11(2)8-13(7-10)20-14-5-4-12(16(17)18)9-15(14)19-3/h4-5,9-11,13H,6-8H2,1-3H3,(H3,17,18). The predicted octanol–water partition coefficient (Wildman–Crippen LogP) is 3.18. The summed E-state index contributed by atoms with van der Waals surface area (Å²) < 4.78 is 11.5. The molecule has 1 fully saturated rings. The lowest BCUT2D eigenvalue weighted by atomic mass is 9.82. The summed E-state index contributed by atoms with van der Waals surface area (Å²) in [6, 6.07) is 5.41. The molecule has 0 heterocycles. The van der Waals surface area contributed by atoms with Crippen LogP contribution in [0, 0.1) is 17.2 Å². The molecule has 1 aromatic carbocycles. The van der Waals surface area contributed by atoms with E-state index in [0.717, 1.165) is 18.6 Å². The average molecular weight is 276 g/mol. The van der Waals surface area contributed by atoms with Gasteiger partial charge in [0, 0.05) is 5.56 Å². The SMILES string of the molecule is COc1cc(C(=N)N)ccc1OC1CC(C)CC(C)C1. The zero-order chi connectivity index (χ0) is 14.7. The third kappa shape index (κ3) is 3.44. The molecule has 0 saturated heterocycles. The van der Waals surface area contributed by atoms with Crippen molar-refractivity contribution in [1.29, 1.82) is 5.41 Å². The lowest BCUT2D eigenvalue weighted by molar-refractivity contribution is 0.0980. The largest absolute Gasteiger partial charge is 0.493 e. The number of ether oxygens (including phenoxy) is 2. The normalized spacial score (nSPS) is 26.1. The number of nitrogen functional groups attached to an aromatic ring is 1. The van der Waals surface area contributed by atoms with Gasteiger partial charge in [-0.15, -0.1) is 0 Å². The molecule has 4 heteroatoms. The molecule has 2 rings (SSSR count). The molecule has 2 unspecified atom stereocenters. The third-order valence-electron chi connectivity index (χ3n) is 3.90. The first-order valence-electron chi connectivity index (χ1n) is 7.18. The third-order valence-corrected chi connectivity index (χ3v) is 3.90. The molecule has 110 valence electrons. The van der Waals surface area contributed by atoms with Gasteiger partial charge in [0.2, 0.25) is 0 Å². The zero-order valence-electron chi connectivity index (χ0n) is 12.5. The summed E-state index contributed by atoms with van der Waals surface area (Å²) in [5.74, 6) is 2.82. The number of rotatable bonds is 4. The lowest BCUT2D eigenvalue weighted by Gasteiger charge is -2.32. The highest BCUT2D eigenvalue weighted by molar-refractivity contribution is 5.95. The summed E-state index contributed by atoms with van der Waals surface area (Å²) in [7, 11) is 1.61. The number of benzene rings is 1. The monoisotopic (exact) mass is 276 g/mol. The molecule has 1 saturated carbocycles. The van der Waals surface area contributed by atoms with E-state index >= 15 is 0 Å². The van der Waals surface area contributed by atoms with E-state index in [1.54, 1.807) is 19.2 Å². The molecule has 0 aliphatic heterocycles. The van der Waals surface area contributed by atoms with E-state index in [2.05, 4.69) is 13.8 Å².